The Morgan fingerprint density at radius 2 is 2.14 bits per heavy atom. The molecular weight excluding hydrogens is 172 g/mol. The Balaban J connectivity index is 2.92. The molecule has 0 N–H and O–H groups in total. The standard InChI is InChI=1S/C12H16N2/c1-4-7-12(2,3)11-6-5-10(8-13)9-14-11/h5-6,9H,4,7H2,1-3H3. The minimum atomic E-state index is 0.114. The third-order valence-corrected chi connectivity index (χ3v) is 2.46. The van der Waals surface area contributed by atoms with Crippen LogP contribution < -0.4 is 0 Å². The van der Waals surface area contributed by atoms with Gasteiger partial charge in [-0.3, -0.25) is 4.98 Å². The van der Waals surface area contributed by atoms with Gasteiger partial charge in [0.2, 0.25) is 0 Å². The van der Waals surface area contributed by atoms with Crippen molar-refractivity contribution < 1.29 is 0 Å². The fourth-order valence-electron chi connectivity index (χ4n) is 1.61. The molecule has 1 aromatic heterocycles. The first-order valence-corrected chi connectivity index (χ1v) is 4.97. The van der Waals surface area contributed by atoms with Crippen molar-refractivity contribution >= 4 is 0 Å². The summed E-state index contributed by atoms with van der Waals surface area (Å²) in [5.41, 5.74) is 1.81. The molecule has 74 valence electrons. The summed E-state index contributed by atoms with van der Waals surface area (Å²) in [6, 6.07) is 5.86. The monoisotopic (exact) mass is 188 g/mol. The number of aromatic nitrogens is 1. The van der Waals surface area contributed by atoms with Gasteiger partial charge in [0, 0.05) is 17.3 Å². The van der Waals surface area contributed by atoms with Crippen LogP contribution >= 0.6 is 0 Å². The smallest absolute Gasteiger partial charge is 0.101 e. The van der Waals surface area contributed by atoms with Gasteiger partial charge in [-0.2, -0.15) is 5.26 Å². The quantitative estimate of drug-likeness (QED) is 0.731. The highest BCUT2D eigenvalue weighted by Crippen LogP contribution is 2.26. The number of nitrogens with zero attached hydrogens (tertiary/aromatic N) is 2. The van der Waals surface area contributed by atoms with Gasteiger partial charge in [0.25, 0.3) is 0 Å². The molecule has 2 nitrogen and oxygen atoms in total. The van der Waals surface area contributed by atoms with Crippen molar-refractivity contribution in [3.63, 3.8) is 0 Å². The Morgan fingerprint density at radius 1 is 1.43 bits per heavy atom. The molecule has 0 amide bonds. The minimum Gasteiger partial charge on any atom is -0.259 e. The van der Waals surface area contributed by atoms with Crippen molar-refractivity contribution in [1.29, 1.82) is 5.26 Å². The van der Waals surface area contributed by atoms with E-state index in [1.807, 2.05) is 12.1 Å². The summed E-state index contributed by atoms with van der Waals surface area (Å²) in [5.74, 6) is 0. The van der Waals surface area contributed by atoms with Crippen LogP contribution in [0.1, 0.15) is 44.9 Å². The van der Waals surface area contributed by atoms with E-state index >= 15 is 0 Å². The van der Waals surface area contributed by atoms with Crippen LogP contribution in [0.3, 0.4) is 0 Å². The summed E-state index contributed by atoms with van der Waals surface area (Å²) in [6.07, 6.45) is 3.91. The van der Waals surface area contributed by atoms with Gasteiger partial charge < -0.3 is 0 Å². The normalized spacial score (nSPS) is 11.0. The molecule has 1 aromatic rings. The molecule has 2 heteroatoms. The topological polar surface area (TPSA) is 36.7 Å². The molecule has 1 rings (SSSR count). The largest absolute Gasteiger partial charge is 0.259 e. The number of hydrogen-bond donors (Lipinski definition) is 0. The zero-order valence-electron chi connectivity index (χ0n) is 9.04. The SMILES string of the molecule is CCCC(C)(C)c1ccc(C#N)cn1. The maximum absolute atomic E-state index is 8.64. The summed E-state index contributed by atoms with van der Waals surface area (Å²) in [5, 5.41) is 8.64. The van der Waals surface area contributed by atoms with E-state index in [-0.39, 0.29) is 5.41 Å². The van der Waals surface area contributed by atoms with Crippen molar-refractivity contribution in [1.82, 2.24) is 4.98 Å². The Bertz CT molecular complexity index is 330. The average molecular weight is 188 g/mol. The van der Waals surface area contributed by atoms with E-state index in [4.69, 9.17) is 5.26 Å². The number of pyridine rings is 1. The molecule has 0 saturated heterocycles. The van der Waals surface area contributed by atoms with Gasteiger partial charge in [-0.25, -0.2) is 0 Å². The molecule has 0 aromatic carbocycles. The highest BCUT2D eigenvalue weighted by Gasteiger charge is 2.20. The highest BCUT2D eigenvalue weighted by atomic mass is 14.7. The van der Waals surface area contributed by atoms with E-state index in [1.54, 1.807) is 6.20 Å². The summed E-state index contributed by atoms with van der Waals surface area (Å²) in [6.45, 7) is 6.54. The third kappa shape index (κ3) is 2.32. The van der Waals surface area contributed by atoms with Crippen LogP contribution in [0.15, 0.2) is 18.3 Å². The van der Waals surface area contributed by atoms with E-state index < -0.39 is 0 Å². The molecule has 0 aliphatic carbocycles. The molecule has 0 aliphatic heterocycles. The van der Waals surface area contributed by atoms with Gasteiger partial charge in [-0.1, -0.05) is 27.2 Å². The van der Waals surface area contributed by atoms with Crippen molar-refractivity contribution in [2.75, 3.05) is 0 Å². The summed E-state index contributed by atoms with van der Waals surface area (Å²) in [7, 11) is 0. The van der Waals surface area contributed by atoms with Crippen LogP contribution in [0, 0.1) is 11.3 Å². The van der Waals surface area contributed by atoms with E-state index in [0.29, 0.717) is 5.56 Å². The molecule has 14 heavy (non-hydrogen) atoms. The molecule has 0 bridgehead atoms. The lowest BCUT2D eigenvalue weighted by Crippen LogP contribution is -2.18. The molecule has 0 fully saturated rings. The Labute approximate surface area is 85.6 Å². The first-order valence-electron chi connectivity index (χ1n) is 4.97. The first kappa shape index (κ1) is 10.7. The Kier molecular flexibility index (Phi) is 3.24. The second kappa shape index (κ2) is 4.23. The average Bonchev–Trinajstić information content (AvgIpc) is 2.18. The maximum Gasteiger partial charge on any atom is 0.101 e. The lowest BCUT2D eigenvalue weighted by molar-refractivity contribution is 0.459. The minimum absolute atomic E-state index is 0.114. The lowest BCUT2D eigenvalue weighted by Gasteiger charge is -2.23. The second-order valence-electron chi connectivity index (χ2n) is 4.18. The lowest BCUT2D eigenvalue weighted by atomic mass is 9.84. The summed E-state index contributed by atoms with van der Waals surface area (Å²) in [4.78, 5) is 4.32. The molecule has 1 heterocycles. The summed E-state index contributed by atoms with van der Waals surface area (Å²) >= 11 is 0. The van der Waals surface area contributed by atoms with Crippen LogP contribution in [0.5, 0.6) is 0 Å². The van der Waals surface area contributed by atoms with Crippen LogP contribution in [-0.4, -0.2) is 4.98 Å². The molecule has 0 unspecified atom stereocenters. The fraction of sp³-hybridized carbons (Fsp3) is 0.500. The van der Waals surface area contributed by atoms with Gasteiger partial charge in [0.15, 0.2) is 0 Å². The van der Waals surface area contributed by atoms with Gasteiger partial charge in [-0.15, -0.1) is 0 Å². The van der Waals surface area contributed by atoms with E-state index in [0.717, 1.165) is 18.5 Å². The van der Waals surface area contributed by atoms with Crippen LogP contribution in [-0.2, 0) is 5.41 Å². The number of hydrogen-bond acceptors (Lipinski definition) is 2. The zero-order chi connectivity index (χ0) is 10.6. The predicted molar refractivity (Wildman–Crippen MR) is 56.9 cm³/mol. The van der Waals surface area contributed by atoms with Crippen LogP contribution in [0.4, 0.5) is 0 Å². The Hall–Kier alpha value is -1.36. The molecule has 0 atom stereocenters. The van der Waals surface area contributed by atoms with Gasteiger partial charge >= 0.3 is 0 Å². The molecule has 0 spiro atoms. The van der Waals surface area contributed by atoms with Crippen molar-refractivity contribution in [2.24, 2.45) is 0 Å². The highest BCUT2D eigenvalue weighted by molar-refractivity contribution is 5.28. The third-order valence-electron chi connectivity index (χ3n) is 2.46. The number of nitriles is 1. The second-order valence-corrected chi connectivity index (χ2v) is 4.18. The molecular formula is C12H16N2. The summed E-state index contributed by atoms with van der Waals surface area (Å²) < 4.78 is 0. The molecule has 0 aliphatic rings. The van der Waals surface area contributed by atoms with Gasteiger partial charge in [0.1, 0.15) is 6.07 Å². The van der Waals surface area contributed by atoms with E-state index in [1.165, 1.54) is 0 Å². The van der Waals surface area contributed by atoms with Crippen LogP contribution in [0.2, 0.25) is 0 Å². The van der Waals surface area contributed by atoms with Crippen LogP contribution in [0.25, 0.3) is 0 Å². The van der Waals surface area contributed by atoms with Crippen molar-refractivity contribution in [3.05, 3.63) is 29.6 Å². The maximum atomic E-state index is 8.64. The molecule has 0 radical (unpaired) electrons. The Morgan fingerprint density at radius 3 is 2.57 bits per heavy atom. The van der Waals surface area contributed by atoms with E-state index in [2.05, 4.69) is 31.8 Å². The molecule has 0 saturated carbocycles. The predicted octanol–water partition coefficient (Wildman–Crippen LogP) is 3.03. The first-order chi connectivity index (χ1) is 6.60. The fourth-order valence-corrected chi connectivity index (χ4v) is 1.61. The van der Waals surface area contributed by atoms with Gasteiger partial charge in [0.05, 0.1) is 5.56 Å². The van der Waals surface area contributed by atoms with E-state index in [9.17, 15) is 0 Å². The van der Waals surface area contributed by atoms with Gasteiger partial charge in [-0.05, 0) is 18.6 Å². The van der Waals surface area contributed by atoms with Crippen molar-refractivity contribution in [2.45, 2.75) is 39.0 Å². The zero-order valence-corrected chi connectivity index (χ0v) is 9.04. The number of rotatable bonds is 3. The van der Waals surface area contributed by atoms with Crippen molar-refractivity contribution in [3.8, 4) is 6.07 Å².